The summed E-state index contributed by atoms with van der Waals surface area (Å²) in [5, 5.41) is 9.39. The fraction of sp³-hybridized carbons (Fsp3) is 0.133. The van der Waals surface area contributed by atoms with Gasteiger partial charge in [0.05, 0.1) is 16.6 Å². The summed E-state index contributed by atoms with van der Waals surface area (Å²) in [4.78, 5) is 39.9. The summed E-state index contributed by atoms with van der Waals surface area (Å²) in [7, 11) is 0. The molecule has 0 spiro atoms. The van der Waals surface area contributed by atoms with E-state index in [0.29, 0.717) is 15.9 Å². The Hall–Kier alpha value is -2.67. The van der Waals surface area contributed by atoms with Crippen LogP contribution in [0.4, 0.5) is 0 Å². The summed E-state index contributed by atoms with van der Waals surface area (Å²) in [5.74, 6) is -1.06. The summed E-state index contributed by atoms with van der Waals surface area (Å²) >= 11 is 1.37. The van der Waals surface area contributed by atoms with Gasteiger partial charge in [-0.3, -0.25) is 9.78 Å². The number of aryl methyl sites for hydroxylation is 2. The molecule has 0 fully saturated rings. The van der Waals surface area contributed by atoms with Crippen molar-refractivity contribution in [3.8, 4) is 5.69 Å². The maximum atomic E-state index is 12.6. The molecule has 2 heterocycles. The van der Waals surface area contributed by atoms with E-state index >= 15 is 0 Å². The van der Waals surface area contributed by atoms with Crippen LogP contribution in [0.15, 0.2) is 33.9 Å². The van der Waals surface area contributed by atoms with Gasteiger partial charge in [0.15, 0.2) is 0 Å². The van der Waals surface area contributed by atoms with Crippen LogP contribution in [0.2, 0.25) is 0 Å². The highest BCUT2D eigenvalue weighted by Crippen LogP contribution is 2.25. The number of carbonyl (C=O) groups is 1. The standard InChI is InChI=1S/C15H12N2O4S/c1-7-8(2)22-12-11(7)13(18)17(15(21)16-12)10-5-3-9(4-6-10)14(19)20/h3-6H,1-2H3,(H,16,21)(H,19,20). The van der Waals surface area contributed by atoms with E-state index in [0.717, 1.165) is 15.0 Å². The summed E-state index contributed by atoms with van der Waals surface area (Å²) in [6, 6.07) is 5.61. The maximum Gasteiger partial charge on any atom is 0.335 e. The van der Waals surface area contributed by atoms with Crippen molar-refractivity contribution < 1.29 is 9.90 Å². The van der Waals surface area contributed by atoms with Crippen molar-refractivity contribution in [2.75, 3.05) is 0 Å². The topological polar surface area (TPSA) is 92.2 Å². The number of rotatable bonds is 2. The Morgan fingerprint density at radius 1 is 1.18 bits per heavy atom. The van der Waals surface area contributed by atoms with Crippen molar-refractivity contribution in [2.45, 2.75) is 13.8 Å². The quantitative estimate of drug-likeness (QED) is 0.757. The SMILES string of the molecule is Cc1sc2[nH]c(=O)n(-c3ccc(C(=O)O)cc3)c(=O)c2c1C. The zero-order valence-electron chi connectivity index (χ0n) is 11.8. The Bertz CT molecular complexity index is 1010. The van der Waals surface area contributed by atoms with Crippen molar-refractivity contribution in [3.05, 3.63) is 61.1 Å². The van der Waals surface area contributed by atoms with E-state index in [9.17, 15) is 14.4 Å². The van der Waals surface area contributed by atoms with E-state index in [1.165, 1.54) is 35.6 Å². The highest BCUT2D eigenvalue weighted by Gasteiger charge is 2.15. The van der Waals surface area contributed by atoms with Gasteiger partial charge >= 0.3 is 11.7 Å². The summed E-state index contributed by atoms with van der Waals surface area (Å²) in [5.41, 5.74) is 0.334. The van der Waals surface area contributed by atoms with Crippen LogP contribution in [0.3, 0.4) is 0 Å². The van der Waals surface area contributed by atoms with Gasteiger partial charge < -0.3 is 5.11 Å². The molecular weight excluding hydrogens is 304 g/mol. The lowest BCUT2D eigenvalue weighted by atomic mass is 10.2. The number of aromatic carboxylic acids is 1. The van der Waals surface area contributed by atoms with Crippen LogP contribution in [0.25, 0.3) is 15.9 Å². The van der Waals surface area contributed by atoms with E-state index in [4.69, 9.17) is 5.11 Å². The number of hydrogen-bond donors (Lipinski definition) is 2. The van der Waals surface area contributed by atoms with Gasteiger partial charge in [0.1, 0.15) is 4.83 Å². The molecule has 0 bridgehead atoms. The third kappa shape index (κ3) is 2.06. The second-order valence-corrected chi connectivity index (χ2v) is 6.13. The molecule has 2 aromatic heterocycles. The van der Waals surface area contributed by atoms with Gasteiger partial charge in [-0.2, -0.15) is 0 Å². The average molecular weight is 316 g/mol. The zero-order chi connectivity index (χ0) is 16.0. The molecule has 3 rings (SSSR count). The number of carboxylic acid groups (broad SMARTS) is 1. The number of aromatic nitrogens is 2. The Kier molecular flexibility index (Phi) is 3.22. The van der Waals surface area contributed by atoms with Crippen LogP contribution in [0.1, 0.15) is 20.8 Å². The summed E-state index contributed by atoms with van der Waals surface area (Å²) < 4.78 is 1.02. The monoisotopic (exact) mass is 316 g/mol. The lowest BCUT2D eigenvalue weighted by molar-refractivity contribution is 0.0697. The minimum Gasteiger partial charge on any atom is -0.478 e. The van der Waals surface area contributed by atoms with Gasteiger partial charge in [-0.1, -0.05) is 0 Å². The van der Waals surface area contributed by atoms with Crippen molar-refractivity contribution >= 4 is 27.5 Å². The lowest BCUT2D eigenvalue weighted by Crippen LogP contribution is -2.33. The maximum absolute atomic E-state index is 12.6. The molecule has 0 amide bonds. The van der Waals surface area contributed by atoms with Gasteiger partial charge in [0, 0.05) is 4.88 Å². The number of hydrogen-bond acceptors (Lipinski definition) is 4. The lowest BCUT2D eigenvalue weighted by Gasteiger charge is -2.05. The van der Waals surface area contributed by atoms with Crippen LogP contribution in [-0.4, -0.2) is 20.6 Å². The Morgan fingerprint density at radius 2 is 1.82 bits per heavy atom. The van der Waals surface area contributed by atoms with Gasteiger partial charge in [0.25, 0.3) is 5.56 Å². The number of aromatic amines is 1. The molecule has 0 radical (unpaired) electrons. The number of fused-ring (bicyclic) bond motifs is 1. The highest BCUT2D eigenvalue weighted by molar-refractivity contribution is 7.18. The summed E-state index contributed by atoms with van der Waals surface area (Å²) in [6.45, 7) is 3.73. The minimum atomic E-state index is -1.06. The Labute approximate surface area is 128 Å². The molecule has 0 aliphatic rings. The van der Waals surface area contributed by atoms with Gasteiger partial charge in [0.2, 0.25) is 0 Å². The minimum absolute atomic E-state index is 0.0943. The molecule has 0 saturated heterocycles. The fourth-order valence-electron chi connectivity index (χ4n) is 2.32. The molecule has 2 N–H and O–H groups in total. The van der Waals surface area contributed by atoms with E-state index in [-0.39, 0.29) is 5.56 Å². The molecule has 1 aromatic carbocycles. The fourth-order valence-corrected chi connectivity index (χ4v) is 3.36. The van der Waals surface area contributed by atoms with Gasteiger partial charge in [-0.25, -0.2) is 14.2 Å². The smallest absolute Gasteiger partial charge is 0.335 e. The van der Waals surface area contributed by atoms with Crippen LogP contribution in [-0.2, 0) is 0 Å². The van der Waals surface area contributed by atoms with Crippen molar-refractivity contribution in [2.24, 2.45) is 0 Å². The van der Waals surface area contributed by atoms with Crippen LogP contribution >= 0.6 is 11.3 Å². The normalized spacial score (nSPS) is 11.0. The zero-order valence-corrected chi connectivity index (χ0v) is 12.7. The Morgan fingerprint density at radius 3 is 2.41 bits per heavy atom. The largest absolute Gasteiger partial charge is 0.478 e. The van der Waals surface area contributed by atoms with E-state index in [1.54, 1.807) is 0 Å². The van der Waals surface area contributed by atoms with Crippen molar-refractivity contribution in [3.63, 3.8) is 0 Å². The molecule has 3 aromatic rings. The second-order valence-electron chi connectivity index (χ2n) is 4.91. The van der Waals surface area contributed by atoms with Crippen LogP contribution < -0.4 is 11.2 Å². The average Bonchev–Trinajstić information content (AvgIpc) is 2.74. The predicted octanol–water partition coefficient (Wildman–Crippen LogP) is 2.06. The first-order chi connectivity index (χ1) is 10.4. The first-order valence-corrected chi connectivity index (χ1v) is 7.30. The molecular formula is C15H12N2O4S. The molecule has 22 heavy (non-hydrogen) atoms. The molecule has 7 heteroatoms. The molecule has 0 aliphatic heterocycles. The number of benzene rings is 1. The number of carboxylic acids is 1. The Balaban J connectivity index is 2.31. The van der Waals surface area contributed by atoms with Crippen molar-refractivity contribution in [1.82, 2.24) is 9.55 Å². The molecule has 0 unspecified atom stereocenters. The molecule has 0 saturated carbocycles. The third-order valence-electron chi connectivity index (χ3n) is 3.60. The second kappa shape index (κ2) is 4.96. The predicted molar refractivity (Wildman–Crippen MR) is 84.5 cm³/mol. The van der Waals surface area contributed by atoms with E-state index < -0.39 is 17.2 Å². The van der Waals surface area contributed by atoms with Gasteiger partial charge in [-0.15, -0.1) is 11.3 Å². The number of nitrogens with zero attached hydrogens (tertiary/aromatic N) is 1. The number of H-pyrrole nitrogens is 1. The van der Waals surface area contributed by atoms with Gasteiger partial charge in [-0.05, 0) is 43.7 Å². The van der Waals surface area contributed by atoms with Crippen LogP contribution in [0, 0.1) is 13.8 Å². The molecule has 112 valence electrons. The molecule has 0 atom stereocenters. The number of nitrogens with one attached hydrogen (secondary N) is 1. The first kappa shape index (κ1) is 14.3. The summed E-state index contributed by atoms with van der Waals surface area (Å²) in [6.07, 6.45) is 0. The van der Waals surface area contributed by atoms with E-state index in [1.807, 2.05) is 13.8 Å². The van der Waals surface area contributed by atoms with Crippen molar-refractivity contribution in [1.29, 1.82) is 0 Å². The first-order valence-electron chi connectivity index (χ1n) is 6.49. The molecule has 0 aliphatic carbocycles. The van der Waals surface area contributed by atoms with E-state index in [2.05, 4.69) is 4.98 Å². The third-order valence-corrected chi connectivity index (χ3v) is 4.72. The van der Waals surface area contributed by atoms with Crippen LogP contribution in [0.5, 0.6) is 0 Å². The molecule has 6 nitrogen and oxygen atoms in total. The number of thiophene rings is 1. The highest BCUT2D eigenvalue weighted by atomic mass is 32.1.